The summed E-state index contributed by atoms with van der Waals surface area (Å²) in [5.74, 6) is 0. The number of aliphatic hydroxyl groups is 3. The van der Waals surface area contributed by atoms with Crippen molar-refractivity contribution in [3.05, 3.63) is 0 Å². The Balaban J connectivity index is 0. The number of nitrogens with two attached hydrogens (primary N) is 3. The Hall–Kier alpha value is -0.320. The van der Waals surface area contributed by atoms with Gasteiger partial charge in [-0.3, -0.25) is 0 Å². The fourth-order valence-electron chi connectivity index (χ4n) is 1.11. The highest BCUT2D eigenvalue weighted by atomic mass is 16.3. The molecule has 0 spiro atoms. The molecule has 0 amide bonds. The first-order valence-corrected chi connectivity index (χ1v) is 7.32. The van der Waals surface area contributed by atoms with E-state index in [0.717, 1.165) is 19.6 Å². The summed E-state index contributed by atoms with van der Waals surface area (Å²) in [6, 6.07) is 0. The van der Waals surface area contributed by atoms with Gasteiger partial charge in [0.1, 0.15) is 0 Å². The lowest BCUT2D eigenvalue weighted by Gasteiger charge is -2.21. The molecule has 0 heterocycles. The van der Waals surface area contributed by atoms with Crippen LogP contribution in [-0.2, 0) is 0 Å². The molecule has 0 fully saturated rings. The Morgan fingerprint density at radius 3 is 1.76 bits per heavy atom. The van der Waals surface area contributed by atoms with E-state index < -0.39 is 11.1 Å². The summed E-state index contributed by atoms with van der Waals surface area (Å²) in [6.45, 7) is 7.15. The van der Waals surface area contributed by atoms with E-state index in [2.05, 4.69) is 10.6 Å². The van der Waals surface area contributed by atoms with E-state index in [1.54, 1.807) is 0 Å². The normalized spacial score (nSPS) is 14.3. The summed E-state index contributed by atoms with van der Waals surface area (Å²) in [4.78, 5) is 0. The van der Waals surface area contributed by atoms with Crippen molar-refractivity contribution in [1.29, 1.82) is 0 Å². The van der Waals surface area contributed by atoms with Crippen LogP contribution in [0.15, 0.2) is 0 Å². The molecule has 1 unspecified atom stereocenters. The van der Waals surface area contributed by atoms with Gasteiger partial charge in [-0.1, -0.05) is 6.92 Å². The van der Waals surface area contributed by atoms with Crippen molar-refractivity contribution in [2.75, 3.05) is 52.5 Å². The average Bonchev–Trinajstić information content (AvgIpc) is 2.50. The van der Waals surface area contributed by atoms with Gasteiger partial charge < -0.3 is 43.2 Å². The Labute approximate surface area is 128 Å². The summed E-state index contributed by atoms with van der Waals surface area (Å²) in [7, 11) is 0. The van der Waals surface area contributed by atoms with Gasteiger partial charge in [0.05, 0.1) is 25.4 Å². The topological polar surface area (TPSA) is 163 Å². The van der Waals surface area contributed by atoms with Gasteiger partial charge >= 0.3 is 0 Å². The predicted octanol–water partition coefficient (Wildman–Crippen LogP) is -3.09. The highest BCUT2D eigenvalue weighted by molar-refractivity contribution is 4.80. The van der Waals surface area contributed by atoms with Crippen LogP contribution in [0.2, 0.25) is 0 Å². The monoisotopic (exact) mass is 309 g/mol. The van der Waals surface area contributed by atoms with Crippen LogP contribution in [-0.4, -0.2) is 78.9 Å². The third-order valence-corrected chi connectivity index (χ3v) is 3.02. The van der Waals surface area contributed by atoms with Crippen LogP contribution in [0.5, 0.6) is 0 Å². The molecule has 1 atom stereocenters. The van der Waals surface area contributed by atoms with Crippen molar-refractivity contribution in [3.63, 3.8) is 0 Å². The highest BCUT2D eigenvalue weighted by Gasteiger charge is 2.19. The molecule has 0 saturated carbocycles. The Morgan fingerprint density at radius 1 is 0.905 bits per heavy atom. The highest BCUT2D eigenvalue weighted by Crippen LogP contribution is 2.01. The van der Waals surface area contributed by atoms with Crippen molar-refractivity contribution in [2.45, 2.75) is 31.3 Å². The average molecular weight is 309 g/mol. The first-order chi connectivity index (χ1) is 9.80. The molecule has 21 heavy (non-hydrogen) atoms. The SMILES string of the molecule is CC(N)(CO)CNCCNCCN.CCC(N)(CO)CO. The molecule has 0 radical (unpaired) electrons. The van der Waals surface area contributed by atoms with Crippen LogP contribution in [0.1, 0.15) is 20.3 Å². The van der Waals surface area contributed by atoms with Gasteiger partial charge in [-0.25, -0.2) is 0 Å². The molecular formula is C13H35N5O3. The number of rotatable bonds is 11. The minimum Gasteiger partial charge on any atom is -0.394 e. The largest absolute Gasteiger partial charge is 0.394 e. The minimum atomic E-state index is -0.764. The Kier molecular flexibility index (Phi) is 14.6. The van der Waals surface area contributed by atoms with Gasteiger partial charge in [-0.05, 0) is 13.3 Å². The minimum absolute atomic E-state index is 0.00374. The molecule has 0 saturated heterocycles. The number of aliphatic hydroxyl groups excluding tert-OH is 3. The molecule has 0 aliphatic heterocycles. The molecule has 0 aromatic heterocycles. The smallest absolute Gasteiger partial charge is 0.0633 e. The molecule has 8 heteroatoms. The van der Waals surface area contributed by atoms with Gasteiger partial charge in [0, 0.05) is 38.3 Å². The third kappa shape index (κ3) is 14.4. The predicted molar refractivity (Wildman–Crippen MR) is 85.9 cm³/mol. The summed E-state index contributed by atoms with van der Waals surface area (Å²) >= 11 is 0. The van der Waals surface area contributed by atoms with Crippen LogP contribution < -0.4 is 27.8 Å². The second kappa shape index (κ2) is 13.4. The maximum Gasteiger partial charge on any atom is 0.0633 e. The van der Waals surface area contributed by atoms with Crippen LogP contribution in [0.3, 0.4) is 0 Å². The Bertz CT molecular complexity index is 218. The maximum absolute atomic E-state index is 8.84. The number of nitrogens with one attached hydrogen (secondary N) is 2. The van der Waals surface area contributed by atoms with Crippen molar-refractivity contribution in [1.82, 2.24) is 10.6 Å². The van der Waals surface area contributed by atoms with E-state index in [1.807, 2.05) is 13.8 Å². The molecule has 11 N–H and O–H groups in total. The summed E-state index contributed by atoms with van der Waals surface area (Å²) in [5, 5.41) is 32.1. The van der Waals surface area contributed by atoms with Gasteiger partial charge in [0.25, 0.3) is 0 Å². The molecule has 0 rings (SSSR count). The van der Waals surface area contributed by atoms with E-state index in [9.17, 15) is 0 Å². The molecule has 0 aliphatic carbocycles. The van der Waals surface area contributed by atoms with Crippen LogP contribution in [0, 0.1) is 0 Å². The van der Waals surface area contributed by atoms with E-state index in [4.69, 9.17) is 32.5 Å². The Morgan fingerprint density at radius 2 is 1.43 bits per heavy atom. The molecule has 8 nitrogen and oxygen atoms in total. The molecule has 0 aromatic rings. The number of hydrogen-bond acceptors (Lipinski definition) is 8. The van der Waals surface area contributed by atoms with Gasteiger partial charge in [0.15, 0.2) is 0 Å². The van der Waals surface area contributed by atoms with E-state index >= 15 is 0 Å². The lowest BCUT2D eigenvalue weighted by Crippen LogP contribution is -2.50. The zero-order valence-electron chi connectivity index (χ0n) is 13.4. The molecule has 0 bridgehead atoms. The first kappa shape index (κ1) is 23.0. The zero-order valence-corrected chi connectivity index (χ0v) is 13.4. The zero-order chi connectivity index (χ0) is 16.8. The maximum atomic E-state index is 8.84. The van der Waals surface area contributed by atoms with Crippen LogP contribution in [0.25, 0.3) is 0 Å². The molecule has 0 aliphatic rings. The van der Waals surface area contributed by atoms with Crippen LogP contribution >= 0.6 is 0 Å². The molecular weight excluding hydrogens is 274 g/mol. The molecule has 0 aromatic carbocycles. The standard InChI is InChI=1S/C8H22N4O.C5H13NO2/c1-8(10,7-13)6-12-5-4-11-3-2-9;1-2-5(6,3-7)4-8/h11-13H,2-7,9-10H2,1H3;7-8H,2-4,6H2,1H3. The van der Waals surface area contributed by atoms with Crippen molar-refractivity contribution < 1.29 is 15.3 Å². The van der Waals surface area contributed by atoms with E-state index in [1.165, 1.54) is 0 Å². The third-order valence-electron chi connectivity index (χ3n) is 3.02. The van der Waals surface area contributed by atoms with Gasteiger partial charge in [-0.15, -0.1) is 0 Å². The second-order valence-electron chi connectivity index (χ2n) is 5.56. The summed E-state index contributed by atoms with van der Waals surface area (Å²) < 4.78 is 0. The molecule has 130 valence electrons. The first-order valence-electron chi connectivity index (χ1n) is 7.32. The van der Waals surface area contributed by atoms with Crippen molar-refractivity contribution in [3.8, 4) is 0 Å². The van der Waals surface area contributed by atoms with Crippen molar-refractivity contribution in [2.24, 2.45) is 17.2 Å². The van der Waals surface area contributed by atoms with E-state index in [-0.39, 0.29) is 19.8 Å². The lowest BCUT2D eigenvalue weighted by molar-refractivity contribution is 0.118. The summed E-state index contributed by atoms with van der Waals surface area (Å²) in [5.41, 5.74) is 15.1. The van der Waals surface area contributed by atoms with Gasteiger partial charge in [-0.2, -0.15) is 0 Å². The summed E-state index contributed by atoms with van der Waals surface area (Å²) in [6.07, 6.45) is 0.597. The number of hydrogen-bond donors (Lipinski definition) is 8. The van der Waals surface area contributed by atoms with Crippen molar-refractivity contribution >= 4 is 0 Å². The second-order valence-corrected chi connectivity index (χ2v) is 5.56. The fraction of sp³-hybridized carbons (Fsp3) is 1.00. The quantitative estimate of drug-likeness (QED) is 0.186. The van der Waals surface area contributed by atoms with Gasteiger partial charge in [0.2, 0.25) is 0 Å². The lowest BCUT2D eigenvalue weighted by atomic mass is 10.0. The van der Waals surface area contributed by atoms with Crippen LogP contribution in [0.4, 0.5) is 0 Å². The van der Waals surface area contributed by atoms with E-state index in [0.29, 0.717) is 19.5 Å². The fourth-order valence-corrected chi connectivity index (χ4v) is 1.11.